The van der Waals surface area contributed by atoms with Crippen molar-refractivity contribution in [2.45, 2.75) is 12.8 Å². The summed E-state index contributed by atoms with van der Waals surface area (Å²) in [5.41, 5.74) is 0.828. The van der Waals surface area contributed by atoms with Gasteiger partial charge in [0.25, 0.3) is 11.8 Å². The van der Waals surface area contributed by atoms with E-state index in [1.54, 1.807) is 35.2 Å². The molecule has 1 N–H and O–H groups in total. The minimum Gasteiger partial charge on any atom is -0.378 e. The van der Waals surface area contributed by atoms with Crippen molar-refractivity contribution in [3.05, 3.63) is 51.2 Å². The summed E-state index contributed by atoms with van der Waals surface area (Å²) in [6.07, 6.45) is 1.56. The number of rotatable bonds is 4. The van der Waals surface area contributed by atoms with Gasteiger partial charge in [-0.05, 0) is 42.5 Å². The van der Waals surface area contributed by atoms with Crippen LogP contribution in [0.2, 0.25) is 5.02 Å². The summed E-state index contributed by atoms with van der Waals surface area (Å²) in [6, 6.07) is 8.38. The number of carbonyl (C=O) groups is 3. The molecule has 1 atom stereocenters. The van der Waals surface area contributed by atoms with Gasteiger partial charge in [0.1, 0.15) is 0 Å². The van der Waals surface area contributed by atoms with Gasteiger partial charge in [-0.15, -0.1) is 11.3 Å². The molecule has 1 aromatic heterocycles. The van der Waals surface area contributed by atoms with Gasteiger partial charge in [0.15, 0.2) is 0 Å². The molecule has 164 valence electrons. The number of thiophene rings is 1. The molecule has 2 aliphatic rings. The predicted molar refractivity (Wildman–Crippen MR) is 120 cm³/mol. The van der Waals surface area contributed by atoms with Crippen molar-refractivity contribution in [1.29, 1.82) is 0 Å². The Morgan fingerprint density at radius 1 is 1.10 bits per heavy atom. The van der Waals surface area contributed by atoms with Gasteiger partial charge in [-0.3, -0.25) is 14.4 Å². The van der Waals surface area contributed by atoms with Gasteiger partial charge in [0, 0.05) is 31.7 Å². The summed E-state index contributed by atoms with van der Waals surface area (Å²) < 4.78 is 5.33. The second-order valence-electron chi connectivity index (χ2n) is 7.65. The molecular formula is C22H24ClN3O4S. The summed E-state index contributed by atoms with van der Waals surface area (Å²) in [4.78, 5) is 42.5. The molecule has 0 spiro atoms. The summed E-state index contributed by atoms with van der Waals surface area (Å²) in [5.74, 6) is -0.527. The number of hydrogen-bond acceptors (Lipinski definition) is 5. The molecule has 7 nitrogen and oxygen atoms in total. The monoisotopic (exact) mass is 461 g/mol. The standard InChI is InChI=1S/C22H24ClN3O4S/c23-17-6-5-15(13-18(17)24-20(27)19-4-2-12-31-19)21(28)26-7-1-3-16(14-26)22(29)25-8-10-30-11-9-25/h2,4-6,12-13,16H,1,3,7-11,14H2,(H,24,27)/t16-/m0/s1. The first-order valence-corrected chi connectivity index (χ1v) is 11.6. The smallest absolute Gasteiger partial charge is 0.265 e. The van der Waals surface area contributed by atoms with Gasteiger partial charge in [0.2, 0.25) is 5.91 Å². The van der Waals surface area contributed by atoms with Crippen molar-refractivity contribution in [2.24, 2.45) is 5.92 Å². The van der Waals surface area contributed by atoms with Crippen molar-refractivity contribution in [1.82, 2.24) is 9.80 Å². The second kappa shape index (κ2) is 9.80. The average Bonchev–Trinajstić information content (AvgIpc) is 3.35. The molecule has 0 unspecified atom stereocenters. The Hall–Kier alpha value is -2.42. The van der Waals surface area contributed by atoms with E-state index in [9.17, 15) is 14.4 Å². The zero-order valence-electron chi connectivity index (χ0n) is 17.0. The molecule has 2 fully saturated rings. The highest BCUT2D eigenvalue weighted by Crippen LogP contribution is 2.27. The normalized spacial score (nSPS) is 19.2. The van der Waals surface area contributed by atoms with Gasteiger partial charge in [-0.1, -0.05) is 17.7 Å². The topological polar surface area (TPSA) is 79.0 Å². The van der Waals surface area contributed by atoms with Gasteiger partial charge in [-0.25, -0.2) is 0 Å². The highest BCUT2D eigenvalue weighted by Gasteiger charge is 2.32. The number of amides is 3. The number of likely N-dealkylation sites (tertiary alicyclic amines) is 1. The highest BCUT2D eigenvalue weighted by molar-refractivity contribution is 7.12. The molecule has 0 radical (unpaired) electrons. The predicted octanol–water partition coefficient (Wildman–Crippen LogP) is 3.36. The fraction of sp³-hybridized carbons (Fsp3) is 0.409. The molecule has 2 aromatic rings. The number of benzene rings is 1. The zero-order chi connectivity index (χ0) is 21.8. The van der Waals surface area contributed by atoms with Crippen LogP contribution in [0.25, 0.3) is 0 Å². The van der Waals surface area contributed by atoms with Crippen LogP contribution in [0.1, 0.15) is 32.9 Å². The summed E-state index contributed by atoms with van der Waals surface area (Å²) in [6.45, 7) is 3.33. The third kappa shape index (κ3) is 5.08. The van der Waals surface area contributed by atoms with E-state index in [4.69, 9.17) is 16.3 Å². The van der Waals surface area contributed by atoms with Gasteiger partial charge in [-0.2, -0.15) is 0 Å². The Balaban J connectivity index is 1.44. The second-order valence-corrected chi connectivity index (χ2v) is 9.01. The number of nitrogens with one attached hydrogen (secondary N) is 1. The molecule has 31 heavy (non-hydrogen) atoms. The lowest BCUT2D eigenvalue weighted by Gasteiger charge is -2.36. The molecule has 0 saturated carbocycles. The van der Waals surface area contributed by atoms with Gasteiger partial charge in [0.05, 0.1) is 34.7 Å². The Labute approximate surface area is 189 Å². The van der Waals surface area contributed by atoms with E-state index >= 15 is 0 Å². The summed E-state index contributed by atoms with van der Waals surface area (Å²) in [7, 11) is 0. The zero-order valence-corrected chi connectivity index (χ0v) is 18.6. The maximum atomic E-state index is 13.1. The number of hydrogen-bond donors (Lipinski definition) is 1. The first-order chi connectivity index (χ1) is 15.0. The molecule has 0 aliphatic carbocycles. The number of carbonyl (C=O) groups excluding carboxylic acids is 3. The molecule has 3 heterocycles. The average molecular weight is 462 g/mol. The molecule has 4 rings (SSSR count). The first-order valence-electron chi connectivity index (χ1n) is 10.3. The van der Waals surface area contributed by atoms with Crippen molar-refractivity contribution in [2.75, 3.05) is 44.7 Å². The van der Waals surface area contributed by atoms with Crippen LogP contribution in [0, 0.1) is 5.92 Å². The third-order valence-corrected chi connectivity index (χ3v) is 6.79. The SMILES string of the molecule is O=C(Nc1cc(C(=O)N2CCC[C@H](C(=O)N3CCOCC3)C2)ccc1Cl)c1cccs1. The van der Waals surface area contributed by atoms with Crippen molar-refractivity contribution >= 4 is 46.3 Å². The fourth-order valence-electron chi connectivity index (χ4n) is 3.93. The van der Waals surface area contributed by atoms with E-state index < -0.39 is 0 Å². The molecule has 2 aliphatic heterocycles. The fourth-order valence-corrected chi connectivity index (χ4v) is 4.72. The van der Waals surface area contributed by atoms with Crippen molar-refractivity contribution in [3.63, 3.8) is 0 Å². The van der Waals surface area contributed by atoms with E-state index in [0.29, 0.717) is 60.5 Å². The minimum absolute atomic E-state index is 0.0980. The number of anilines is 1. The van der Waals surface area contributed by atoms with Crippen molar-refractivity contribution in [3.8, 4) is 0 Å². The van der Waals surface area contributed by atoms with Crippen LogP contribution in [0.3, 0.4) is 0 Å². The number of halogens is 1. The quantitative estimate of drug-likeness (QED) is 0.757. The first kappa shape index (κ1) is 21.8. The molecule has 0 bridgehead atoms. The van der Waals surface area contributed by atoms with E-state index in [2.05, 4.69) is 5.32 Å². The maximum Gasteiger partial charge on any atom is 0.265 e. The molecule has 9 heteroatoms. The lowest BCUT2D eigenvalue weighted by atomic mass is 9.95. The van der Waals surface area contributed by atoms with E-state index in [1.807, 2.05) is 10.3 Å². The largest absolute Gasteiger partial charge is 0.378 e. The Morgan fingerprint density at radius 2 is 1.90 bits per heavy atom. The highest BCUT2D eigenvalue weighted by atomic mass is 35.5. The summed E-state index contributed by atoms with van der Waals surface area (Å²) in [5, 5.41) is 4.96. The van der Waals surface area contributed by atoms with Crippen LogP contribution in [-0.4, -0.2) is 66.9 Å². The van der Waals surface area contributed by atoms with Crippen molar-refractivity contribution < 1.29 is 19.1 Å². The Bertz CT molecular complexity index is 960. The van der Waals surface area contributed by atoms with E-state index in [0.717, 1.165) is 12.8 Å². The Morgan fingerprint density at radius 3 is 2.65 bits per heavy atom. The molecule has 2 saturated heterocycles. The maximum absolute atomic E-state index is 13.1. The van der Waals surface area contributed by atoms with Crippen LogP contribution >= 0.6 is 22.9 Å². The minimum atomic E-state index is -0.268. The summed E-state index contributed by atoms with van der Waals surface area (Å²) >= 11 is 7.58. The van der Waals surface area contributed by atoms with Gasteiger partial charge < -0.3 is 19.9 Å². The Kier molecular flexibility index (Phi) is 6.89. The third-order valence-electron chi connectivity index (χ3n) is 5.59. The van der Waals surface area contributed by atoms with Gasteiger partial charge >= 0.3 is 0 Å². The van der Waals surface area contributed by atoms with Crippen LogP contribution in [0.5, 0.6) is 0 Å². The lowest BCUT2D eigenvalue weighted by molar-refractivity contribution is -0.141. The van der Waals surface area contributed by atoms with E-state index in [-0.39, 0.29) is 23.6 Å². The van der Waals surface area contributed by atoms with Crippen LogP contribution < -0.4 is 5.32 Å². The van der Waals surface area contributed by atoms with Crippen LogP contribution in [0.15, 0.2) is 35.7 Å². The molecular weight excluding hydrogens is 438 g/mol. The molecule has 1 aromatic carbocycles. The number of ether oxygens (including phenoxy) is 1. The number of nitrogens with zero attached hydrogens (tertiary/aromatic N) is 2. The van der Waals surface area contributed by atoms with Crippen LogP contribution in [0.4, 0.5) is 5.69 Å². The number of morpholine rings is 1. The lowest BCUT2D eigenvalue weighted by Crippen LogP contribution is -2.49. The number of piperidine rings is 1. The van der Waals surface area contributed by atoms with Crippen LogP contribution in [-0.2, 0) is 9.53 Å². The van der Waals surface area contributed by atoms with E-state index in [1.165, 1.54) is 11.3 Å². The molecule has 3 amide bonds.